The Labute approximate surface area is 77.2 Å². The quantitative estimate of drug-likeness (QED) is 0.659. The summed E-state index contributed by atoms with van der Waals surface area (Å²) < 4.78 is 25.8. The average Bonchev–Trinajstić information content (AvgIpc) is 2.09. The normalized spacial score (nSPS) is 10.6. The molecule has 0 unspecified atom stereocenters. The van der Waals surface area contributed by atoms with Gasteiger partial charge in [-0.15, -0.1) is 0 Å². The first-order valence-electron chi connectivity index (χ1n) is 3.51. The maximum atomic E-state index is 12.8. The Morgan fingerprint density at radius 2 is 1.92 bits per heavy atom. The van der Waals surface area contributed by atoms with Gasteiger partial charge in [0.25, 0.3) is 0 Å². The van der Waals surface area contributed by atoms with Gasteiger partial charge in [0, 0.05) is 11.5 Å². The summed E-state index contributed by atoms with van der Waals surface area (Å²) in [5, 5.41) is 0.413. The van der Waals surface area contributed by atoms with Gasteiger partial charge in [-0.2, -0.15) is 0 Å². The van der Waals surface area contributed by atoms with Crippen LogP contribution in [0.3, 0.4) is 0 Å². The number of hydrogen-bond donors (Lipinski definition) is 1. The Kier molecular flexibility index (Phi) is 1.81. The minimum absolute atomic E-state index is 0.257. The van der Waals surface area contributed by atoms with E-state index in [1.165, 1.54) is 6.33 Å². The molecule has 0 aliphatic heterocycles. The molecular formula is C8H4F2N2S. The van der Waals surface area contributed by atoms with E-state index in [9.17, 15) is 8.78 Å². The molecule has 2 aromatic rings. The smallest absolute Gasteiger partial charge is 0.160 e. The van der Waals surface area contributed by atoms with E-state index in [0.29, 0.717) is 10.9 Å². The van der Waals surface area contributed by atoms with Gasteiger partial charge in [0.05, 0.1) is 11.8 Å². The number of halogens is 2. The monoisotopic (exact) mass is 198 g/mol. The third-order valence-corrected chi connectivity index (χ3v) is 2.02. The van der Waals surface area contributed by atoms with Crippen LogP contribution < -0.4 is 0 Å². The maximum Gasteiger partial charge on any atom is 0.160 e. The summed E-state index contributed by atoms with van der Waals surface area (Å²) in [5.74, 6) is -1.82. The molecule has 2 rings (SSSR count). The second-order valence-corrected chi connectivity index (χ2v) is 2.91. The molecule has 0 radical (unpaired) electrons. The van der Waals surface area contributed by atoms with Gasteiger partial charge < -0.3 is 4.98 Å². The van der Waals surface area contributed by atoms with E-state index >= 15 is 0 Å². The van der Waals surface area contributed by atoms with Crippen molar-refractivity contribution in [2.75, 3.05) is 0 Å². The van der Waals surface area contributed by atoms with Crippen LogP contribution in [0.4, 0.5) is 8.78 Å². The molecule has 66 valence electrons. The molecule has 5 heteroatoms. The highest BCUT2D eigenvalue weighted by Gasteiger charge is 2.04. The third kappa shape index (κ3) is 1.31. The van der Waals surface area contributed by atoms with Gasteiger partial charge in [0.2, 0.25) is 0 Å². The van der Waals surface area contributed by atoms with Gasteiger partial charge in [-0.05, 0) is 6.07 Å². The fourth-order valence-corrected chi connectivity index (χ4v) is 1.29. The highest BCUT2D eigenvalue weighted by Crippen LogP contribution is 2.15. The van der Waals surface area contributed by atoms with Crippen LogP contribution in [0, 0.1) is 16.3 Å². The zero-order chi connectivity index (χ0) is 9.42. The van der Waals surface area contributed by atoms with Crippen LogP contribution in [0.1, 0.15) is 0 Å². The maximum absolute atomic E-state index is 12.8. The Morgan fingerprint density at radius 1 is 1.23 bits per heavy atom. The van der Waals surface area contributed by atoms with E-state index in [0.717, 1.165) is 12.1 Å². The SMILES string of the molecule is Fc1cc2[nH]cnc(=S)c2cc1F. The van der Waals surface area contributed by atoms with E-state index in [2.05, 4.69) is 9.97 Å². The molecule has 0 aliphatic carbocycles. The molecule has 1 aromatic heterocycles. The highest BCUT2D eigenvalue weighted by molar-refractivity contribution is 7.71. The van der Waals surface area contributed by atoms with E-state index < -0.39 is 11.6 Å². The minimum atomic E-state index is -0.917. The van der Waals surface area contributed by atoms with Gasteiger partial charge in [-0.3, -0.25) is 0 Å². The molecule has 0 atom stereocenters. The van der Waals surface area contributed by atoms with Crippen LogP contribution in [0.2, 0.25) is 0 Å². The Bertz CT molecular complexity index is 521. The van der Waals surface area contributed by atoms with Gasteiger partial charge >= 0.3 is 0 Å². The van der Waals surface area contributed by atoms with E-state index in [-0.39, 0.29) is 4.64 Å². The number of H-pyrrole nitrogens is 1. The van der Waals surface area contributed by atoms with Crippen molar-refractivity contribution in [2.45, 2.75) is 0 Å². The minimum Gasteiger partial charge on any atom is -0.346 e. The summed E-state index contributed by atoms with van der Waals surface area (Å²) in [6, 6.07) is 2.10. The molecule has 0 saturated carbocycles. The summed E-state index contributed by atoms with van der Waals surface area (Å²) in [5.41, 5.74) is 0.443. The number of fused-ring (bicyclic) bond motifs is 1. The van der Waals surface area contributed by atoms with Crippen molar-refractivity contribution in [1.29, 1.82) is 0 Å². The molecule has 1 N–H and O–H groups in total. The number of aromatic nitrogens is 2. The lowest BCUT2D eigenvalue weighted by atomic mass is 10.2. The fraction of sp³-hybridized carbons (Fsp3) is 0. The molecule has 1 aromatic carbocycles. The van der Waals surface area contributed by atoms with Crippen molar-refractivity contribution in [2.24, 2.45) is 0 Å². The second-order valence-electron chi connectivity index (χ2n) is 2.52. The molecule has 0 aliphatic rings. The lowest BCUT2D eigenvalue weighted by Gasteiger charge is -1.98. The summed E-state index contributed by atoms with van der Waals surface area (Å²) in [4.78, 5) is 6.42. The summed E-state index contributed by atoms with van der Waals surface area (Å²) in [6.07, 6.45) is 1.35. The van der Waals surface area contributed by atoms with Gasteiger partial charge in [-0.25, -0.2) is 13.8 Å². The molecule has 0 amide bonds. The number of benzene rings is 1. The summed E-state index contributed by atoms with van der Waals surface area (Å²) in [6.45, 7) is 0. The zero-order valence-electron chi connectivity index (χ0n) is 6.34. The first-order chi connectivity index (χ1) is 6.18. The van der Waals surface area contributed by atoms with Crippen LogP contribution in [0.15, 0.2) is 18.5 Å². The number of rotatable bonds is 0. The van der Waals surface area contributed by atoms with Crippen LogP contribution in [-0.2, 0) is 0 Å². The molecular weight excluding hydrogens is 194 g/mol. The molecule has 0 fully saturated rings. The van der Waals surface area contributed by atoms with Crippen LogP contribution in [0.25, 0.3) is 10.9 Å². The largest absolute Gasteiger partial charge is 0.346 e. The number of nitrogens with one attached hydrogen (secondary N) is 1. The fourth-order valence-electron chi connectivity index (χ4n) is 1.07. The molecule has 13 heavy (non-hydrogen) atoms. The van der Waals surface area contributed by atoms with Crippen molar-refractivity contribution >= 4 is 23.1 Å². The predicted molar refractivity (Wildman–Crippen MR) is 46.8 cm³/mol. The van der Waals surface area contributed by atoms with E-state index in [4.69, 9.17) is 12.2 Å². The van der Waals surface area contributed by atoms with Crippen molar-refractivity contribution in [1.82, 2.24) is 9.97 Å². The predicted octanol–water partition coefficient (Wildman–Crippen LogP) is 2.57. The third-order valence-electron chi connectivity index (χ3n) is 1.69. The van der Waals surface area contributed by atoms with Crippen molar-refractivity contribution < 1.29 is 8.78 Å². The van der Waals surface area contributed by atoms with Crippen LogP contribution >= 0.6 is 12.2 Å². The standard InChI is InChI=1S/C8H4F2N2S/c9-5-1-4-7(2-6(5)10)11-3-12-8(4)13/h1-3H,(H,11,12,13). The van der Waals surface area contributed by atoms with Gasteiger partial charge in [0.1, 0.15) is 4.64 Å². The van der Waals surface area contributed by atoms with E-state index in [1.807, 2.05) is 0 Å². The zero-order valence-corrected chi connectivity index (χ0v) is 7.16. The second kappa shape index (κ2) is 2.85. The summed E-state index contributed by atoms with van der Waals surface area (Å²) >= 11 is 4.84. The Hall–Kier alpha value is -1.36. The molecule has 0 spiro atoms. The molecule has 2 nitrogen and oxygen atoms in total. The lowest BCUT2D eigenvalue weighted by Crippen LogP contribution is -1.88. The number of aromatic amines is 1. The first kappa shape index (κ1) is 8.25. The van der Waals surface area contributed by atoms with Crippen molar-refractivity contribution in [3.8, 4) is 0 Å². The Morgan fingerprint density at radius 3 is 2.69 bits per heavy atom. The van der Waals surface area contributed by atoms with Gasteiger partial charge in [-0.1, -0.05) is 12.2 Å². The topological polar surface area (TPSA) is 28.7 Å². The highest BCUT2D eigenvalue weighted by atomic mass is 32.1. The number of nitrogens with zero attached hydrogens (tertiary/aromatic N) is 1. The van der Waals surface area contributed by atoms with Crippen molar-refractivity contribution in [3.05, 3.63) is 34.7 Å². The van der Waals surface area contributed by atoms with Gasteiger partial charge in [0.15, 0.2) is 11.6 Å². The van der Waals surface area contributed by atoms with E-state index in [1.54, 1.807) is 0 Å². The molecule has 0 saturated heterocycles. The summed E-state index contributed by atoms with van der Waals surface area (Å²) in [7, 11) is 0. The van der Waals surface area contributed by atoms with Crippen LogP contribution in [-0.4, -0.2) is 9.97 Å². The average molecular weight is 198 g/mol. The molecule has 0 bridgehead atoms. The van der Waals surface area contributed by atoms with Crippen molar-refractivity contribution in [3.63, 3.8) is 0 Å². The molecule has 1 heterocycles. The Balaban J connectivity index is 2.97. The van der Waals surface area contributed by atoms with Crippen LogP contribution in [0.5, 0.6) is 0 Å². The number of hydrogen-bond acceptors (Lipinski definition) is 2. The first-order valence-corrected chi connectivity index (χ1v) is 3.92. The lowest BCUT2D eigenvalue weighted by molar-refractivity contribution is 0.510.